The van der Waals surface area contributed by atoms with Crippen LogP contribution in [0.3, 0.4) is 0 Å². The Bertz CT molecular complexity index is 419. The number of nitrogen functional groups attached to an aromatic ring is 1. The quantitative estimate of drug-likeness (QED) is 0.455. The van der Waals surface area contributed by atoms with Crippen molar-refractivity contribution in [1.82, 2.24) is 0 Å². The zero-order valence-electron chi connectivity index (χ0n) is 10.5. The van der Waals surface area contributed by atoms with E-state index < -0.39 is 11.7 Å². The van der Waals surface area contributed by atoms with E-state index in [9.17, 15) is 13.2 Å². The molecule has 0 amide bonds. The van der Waals surface area contributed by atoms with Gasteiger partial charge in [0, 0.05) is 17.9 Å². The van der Waals surface area contributed by atoms with Crippen LogP contribution >= 0.6 is 0 Å². The minimum Gasteiger partial charge on any atom is -0.398 e. The summed E-state index contributed by atoms with van der Waals surface area (Å²) in [6.45, 7) is 4.95. The third-order valence-corrected chi connectivity index (χ3v) is 2.40. The van der Waals surface area contributed by atoms with Crippen molar-refractivity contribution in [2.24, 2.45) is 0 Å². The molecule has 0 fully saturated rings. The van der Waals surface area contributed by atoms with Crippen LogP contribution in [-0.4, -0.2) is 19.8 Å². The number of anilines is 2. The molecule has 1 aromatic carbocycles. The molecule has 0 heterocycles. The van der Waals surface area contributed by atoms with Crippen molar-refractivity contribution in [2.45, 2.75) is 12.6 Å². The maximum absolute atomic E-state index is 12.6. The third-order valence-electron chi connectivity index (χ3n) is 2.40. The van der Waals surface area contributed by atoms with Crippen LogP contribution in [0.1, 0.15) is 12.0 Å². The normalized spacial score (nSPS) is 11.3. The number of hydrogen-bond acceptors (Lipinski definition) is 3. The van der Waals surface area contributed by atoms with Gasteiger partial charge in [0.2, 0.25) is 0 Å². The fraction of sp³-hybridized carbons (Fsp3) is 0.385. The highest BCUT2D eigenvalue weighted by Gasteiger charge is 2.33. The standard InChI is InChI=1S/C13H17F3N2O/c1-2-3-7-19-8-6-18-10-4-5-12(17)11(9-10)13(14,15)16/h2,4-5,9,18H,1,3,6-8,17H2. The van der Waals surface area contributed by atoms with E-state index in [1.807, 2.05) is 0 Å². The van der Waals surface area contributed by atoms with Crippen LogP contribution in [0.4, 0.5) is 24.5 Å². The Morgan fingerprint density at radius 3 is 2.68 bits per heavy atom. The molecule has 0 bridgehead atoms. The predicted molar refractivity (Wildman–Crippen MR) is 70.0 cm³/mol. The smallest absolute Gasteiger partial charge is 0.398 e. The van der Waals surface area contributed by atoms with E-state index in [4.69, 9.17) is 10.5 Å². The number of nitrogens with one attached hydrogen (secondary N) is 1. The molecular formula is C13H17F3N2O. The Labute approximate surface area is 110 Å². The number of benzene rings is 1. The van der Waals surface area contributed by atoms with Crippen molar-refractivity contribution in [3.63, 3.8) is 0 Å². The number of nitrogens with two attached hydrogens (primary N) is 1. The lowest BCUT2D eigenvalue weighted by atomic mass is 10.1. The van der Waals surface area contributed by atoms with Gasteiger partial charge < -0.3 is 15.8 Å². The van der Waals surface area contributed by atoms with E-state index in [0.29, 0.717) is 25.4 Å². The van der Waals surface area contributed by atoms with E-state index in [0.717, 1.165) is 12.5 Å². The molecule has 1 rings (SSSR count). The predicted octanol–water partition coefficient (Wildman–Crippen LogP) is 3.29. The Hall–Kier alpha value is -1.69. The summed E-state index contributed by atoms with van der Waals surface area (Å²) in [4.78, 5) is 0. The van der Waals surface area contributed by atoms with Gasteiger partial charge in [0.05, 0.1) is 18.8 Å². The van der Waals surface area contributed by atoms with Gasteiger partial charge in [-0.2, -0.15) is 13.2 Å². The molecule has 0 radical (unpaired) electrons. The number of halogens is 3. The summed E-state index contributed by atoms with van der Waals surface area (Å²) in [6.07, 6.45) is -1.95. The Balaban J connectivity index is 2.49. The molecule has 0 aromatic heterocycles. The first-order valence-corrected chi connectivity index (χ1v) is 5.84. The number of alkyl halides is 3. The molecule has 0 spiro atoms. The average molecular weight is 274 g/mol. The largest absolute Gasteiger partial charge is 0.418 e. The molecule has 0 aliphatic rings. The van der Waals surface area contributed by atoms with Gasteiger partial charge in [-0.15, -0.1) is 6.58 Å². The Morgan fingerprint density at radius 1 is 1.32 bits per heavy atom. The topological polar surface area (TPSA) is 47.3 Å². The van der Waals surface area contributed by atoms with Crippen LogP contribution < -0.4 is 11.1 Å². The maximum atomic E-state index is 12.6. The first-order chi connectivity index (χ1) is 8.95. The van der Waals surface area contributed by atoms with Gasteiger partial charge in [-0.25, -0.2) is 0 Å². The van der Waals surface area contributed by atoms with Crippen molar-refractivity contribution in [3.05, 3.63) is 36.4 Å². The van der Waals surface area contributed by atoms with E-state index in [2.05, 4.69) is 11.9 Å². The van der Waals surface area contributed by atoms with Gasteiger partial charge in [0.15, 0.2) is 0 Å². The van der Waals surface area contributed by atoms with Crippen molar-refractivity contribution >= 4 is 11.4 Å². The van der Waals surface area contributed by atoms with E-state index >= 15 is 0 Å². The molecule has 3 nitrogen and oxygen atoms in total. The van der Waals surface area contributed by atoms with Crippen LogP contribution in [0.25, 0.3) is 0 Å². The lowest BCUT2D eigenvalue weighted by molar-refractivity contribution is -0.136. The zero-order chi connectivity index (χ0) is 14.3. The Kier molecular flexibility index (Phi) is 5.69. The summed E-state index contributed by atoms with van der Waals surface area (Å²) in [7, 11) is 0. The van der Waals surface area contributed by atoms with Crippen LogP contribution in [0.2, 0.25) is 0 Å². The molecule has 106 valence electrons. The van der Waals surface area contributed by atoms with Gasteiger partial charge >= 0.3 is 6.18 Å². The highest BCUT2D eigenvalue weighted by molar-refractivity contribution is 5.58. The molecule has 6 heteroatoms. The van der Waals surface area contributed by atoms with Crippen molar-refractivity contribution < 1.29 is 17.9 Å². The first kappa shape index (κ1) is 15.4. The molecule has 0 saturated heterocycles. The summed E-state index contributed by atoms with van der Waals surface area (Å²) in [5.41, 5.74) is 4.57. The van der Waals surface area contributed by atoms with Crippen LogP contribution in [0, 0.1) is 0 Å². The van der Waals surface area contributed by atoms with Gasteiger partial charge in [0.1, 0.15) is 0 Å². The fourth-order valence-electron chi connectivity index (χ4n) is 1.45. The van der Waals surface area contributed by atoms with Crippen molar-refractivity contribution in [3.8, 4) is 0 Å². The van der Waals surface area contributed by atoms with Gasteiger partial charge in [-0.05, 0) is 24.6 Å². The monoisotopic (exact) mass is 274 g/mol. The molecular weight excluding hydrogens is 257 g/mol. The molecule has 0 aliphatic carbocycles. The molecule has 3 N–H and O–H groups in total. The van der Waals surface area contributed by atoms with Gasteiger partial charge in [0.25, 0.3) is 0 Å². The Morgan fingerprint density at radius 2 is 2.05 bits per heavy atom. The van der Waals surface area contributed by atoms with Gasteiger partial charge in [-0.1, -0.05) is 6.08 Å². The number of hydrogen-bond donors (Lipinski definition) is 2. The second-order valence-corrected chi connectivity index (χ2v) is 3.92. The van der Waals surface area contributed by atoms with Gasteiger partial charge in [-0.3, -0.25) is 0 Å². The van der Waals surface area contributed by atoms with E-state index in [1.54, 1.807) is 6.08 Å². The second kappa shape index (κ2) is 7.04. The lowest BCUT2D eigenvalue weighted by Crippen LogP contribution is -2.12. The molecule has 19 heavy (non-hydrogen) atoms. The van der Waals surface area contributed by atoms with Crippen LogP contribution in [0.15, 0.2) is 30.9 Å². The fourth-order valence-corrected chi connectivity index (χ4v) is 1.45. The lowest BCUT2D eigenvalue weighted by Gasteiger charge is -2.13. The molecule has 0 unspecified atom stereocenters. The average Bonchev–Trinajstić information content (AvgIpc) is 2.34. The highest BCUT2D eigenvalue weighted by atomic mass is 19.4. The molecule has 1 aromatic rings. The first-order valence-electron chi connectivity index (χ1n) is 5.84. The summed E-state index contributed by atoms with van der Waals surface area (Å²) in [6, 6.07) is 3.75. The third kappa shape index (κ3) is 5.21. The van der Waals surface area contributed by atoms with E-state index in [-0.39, 0.29) is 5.69 Å². The molecule has 0 saturated carbocycles. The van der Waals surface area contributed by atoms with Crippen LogP contribution in [0.5, 0.6) is 0 Å². The number of ether oxygens (including phenoxy) is 1. The SMILES string of the molecule is C=CCCOCCNc1ccc(N)c(C(F)(F)F)c1. The van der Waals surface area contributed by atoms with Crippen molar-refractivity contribution in [2.75, 3.05) is 30.8 Å². The summed E-state index contributed by atoms with van der Waals surface area (Å²) in [5.74, 6) is 0. The minimum absolute atomic E-state index is 0.278. The minimum atomic E-state index is -4.44. The highest BCUT2D eigenvalue weighted by Crippen LogP contribution is 2.34. The van der Waals surface area contributed by atoms with Crippen LogP contribution in [-0.2, 0) is 10.9 Å². The summed E-state index contributed by atoms with van der Waals surface area (Å²) >= 11 is 0. The summed E-state index contributed by atoms with van der Waals surface area (Å²) < 4.78 is 43.1. The summed E-state index contributed by atoms with van der Waals surface area (Å²) in [5, 5.41) is 2.85. The maximum Gasteiger partial charge on any atom is 0.418 e. The second-order valence-electron chi connectivity index (χ2n) is 3.92. The van der Waals surface area contributed by atoms with Crippen molar-refractivity contribution in [1.29, 1.82) is 0 Å². The van der Waals surface area contributed by atoms with E-state index in [1.165, 1.54) is 12.1 Å². The molecule has 0 aliphatic heterocycles. The zero-order valence-corrected chi connectivity index (χ0v) is 10.5. The number of rotatable bonds is 7. The molecule has 0 atom stereocenters.